The van der Waals surface area contributed by atoms with E-state index in [2.05, 4.69) is 66.5 Å². The lowest BCUT2D eigenvalue weighted by Gasteiger charge is -2.18. The molecule has 0 spiro atoms. The molecule has 0 saturated heterocycles. The van der Waals surface area contributed by atoms with Crippen LogP contribution in [0.15, 0.2) is 36.7 Å². The van der Waals surface area contributed by atoms with Crippen molar-refractivity contribution in [2.45, 2.75) is 45.7 Å². The fourth-order valence-electron chi connectivity index (χ4n) is 2.48. The summed E-state index contributed by atoms with van der Waals surface area (Å²) in [5, 5.41) is 7.85. The van der Waals surface area contributed by atoms with Gasteiger partial charge in [-0.15, -0.1) is 0 Å². The molecule has 4 nitrogen and oxygen atoms in total. The number of benzene rings is 1. The Morgan fingerprint density at radius 3 is 2.60 bits per heavy atom. The molecule has 0 aliphatic carbocycles. The number of aryl methyl sites for hydroxylation is 1. The van der Waals surface area contributed by atoms with E-state index < -0.39 is 0 Å². The molecule has 1 heterocycles. The van der Waals surface area contributed by atoms with Crippen LogP contribution in [0.4, 0.5) is 0 Å². The van der Waals surface area contributed by atoms with E-state index in [-0.39, 0.29) is 0 Å². The quantitative estimate of drug-likeness (QED) is 0.842. The Morgan fingerprint density at radius 2 is 1.95 bits per heavy atom. The molecule has 0 bridgehead atoms. The summed E-state index contributed by atoms with van der Waals surface area (Å²) < 4.78 is 2.01. The summed E-state index contributed by atoms with van der Waals surface area (Å²) in [6, 6.07) is 11.3. The monoisotopic (exact) mass is 272 g/mol. The molecule has 108 valence electrons. The Labute approximate surface area is 121 Å². The van der Waals surface area contributed by atoms with E-state index in [0.29, 0.717) is 12.1 Å². The van der Waals surface area contributed by atoms with E-state index in [1.807, 2.05) is 4.68 Å². The minimum absolute atomic E-state index is 0.363. The summed E-state index contributed by atoms with van der Waals surface area (Å²) in [6.45, 7) is 7.39. The number of hydrogen-bond donors (Lipinski definition) is 1. The van der Waals surface area contributed by atoms with Crippen molar-refractivity contribution in [1.82, 2.24) is 20.1 Å². The third-order valence-electron chi connectivity index (χ3n) is 3.45. The third-order valence-corrected chi connectivity index (χ3v) is 3.45. The van der Waals surface area contributed by atoms with Crippen molar-refractivity contribution in [2.75, 3.05) is 6.54 Å². The van der Waals surface area contributed by atoms with Crippen molar-refractivity contribution >= 4 is 0 Å². The normalized spacial score (nSPS) is 12.8. The second-order valence-corrected chi connectivity index (χ2v) is 5.27. The van der Waals surface area contributed by atoms with Gasteiger partial charge in [-0.3, -0.25) is 0 Å². The molecule has 1 aromatic heterocycles. The zero-order valence-corrected chi connectivity index (χ0v) is 12.6. The lowest BCUT2D eigenvalue weighted by atomic mass is 10.0. The molecular formula is C16H24N4. The lowest BCUT2D eigenvalue weighted by Crippen LogP contribution is -2.22. The average Bonchev–Trinajstić information content (AvgIpc) is 2.93. The number of rotatable bonds is 7. The minimum atomic E-state index is 0.363. The maximum Gasteiger partial charge on any atom is 0.138 e. The molecule has 0 radical (unpaired) electrons. The number of nitrogens with zero attached hydrogens (tertiary/aromatic N) is 3. The van der Waals surface area contributed by atoms with Crippen LogP contribution in [0.3, 0.4) is 0 Å². The van der Waals surface area contributed by atoms with Crippen LogP contribution in [0.2, 0.25) is 0 Å². The van der Waals surface area contributed by atoms with Gasteiger partial charge in [0.2, 0.25) is 0 Å². The Balaban J connectivity index is 2.04. The van der Waals surface area contributed by atoms with Crippen molar-refractivity contribution < 1.29 is 0 Å². The van der Waals surface area contributed by atoms with Crippen molar-refractivity contribution in [2.24, 2.45) is 0 Å². The van der Waals surface area contributed by atoms with Crippen molar-refractivity contribution in [1.29, 1.82) is 0 Å². The Hall–Kier alpha value is -1.68. The van der Waals surface area contributed by atoms with Crippen LogP contribution in [0.1, 0.15) is 50.7 Å². The van der Waals surface area contributed by atoms with Gasteiger partial charge in [-0.1, -0.05) is 37.3 Å². The first-order chi connectivity index (χ1) is 9.72. The average molecular weight is 272 g/mol. The standard InChI is InChI=1S/C16H24N4/c1-4-17-15(14-8-6-5-7-9-14)10-11-16-18-12-19-20(16)13(2)3/h5-9,12-13,15,17H,4,10-11H2,1-3H3. The smallest absolute Gasteiger partial charge is 0.138 e. The van der Waals surface area contributed by atoms with E-state index in [1.54, 1.807) is 6.33 Å². The van der Waals surface area contributed by atoms with Gasteiger partial charge in [0.05, 0.1) is 0 Å². The molecule has 1 aromatic carbocycles. The van der Waals surface area contributed by atoms with Gasteiger partial charge in [-0.25, -0.2) is 9.67 Å². The highest BCUT2D eigenvalue weighted by atomic mass is 15.3. The number of nitrogens with one attached hydrogen (secondary N) is 1. The van der Waals surface area contributed by atoms with Gasteiger partial charge in [0.25, 0.3) is 0 Å². The van der Waals surface area contributed by atoms with Gasteiger partial charge in [0.15, 0.2) is 0 Å². The van der Waals surface area contributed by atoms with Gasteiger partial charge in [0.1, 0.15) is 12.2 Å². The molecule has 0 saturated carbocycles. The van der Waals surface area contributed by atoms with Gasteiger partial charge < -0.3 is 5.32 Å². The first-order valence-corrected chi connectivity index (χ1v) is 7.39. The second-order valence-electron chi connectivity index (χ2n) is 5.27. The minimum Gasteiger partial charge on any atom is -0.310 e. The van der Waals surface area contributed by atoms with E-state index in [1.165, 1.54) is 5.56 Å². The molecule has 2 rings (SSSR count). The molecule has 2 aromatic rings. The Kier molecular flexibility index (Phi) is 5.30. The number of hydrogen-bond acceptors (Lipinski definition) is 3. The zero-order chi connectivity index (χ0) is 14.4. The molecular weight excluding hydrogens is 248 g/mol. The summed E-state index contributed by atoms with van der Waals surface area (Å²) in [5.74, 6) is 1.07. The van der Waals surface area contributed by atoms with E-state index in [4.69, 9.17) is 0 Å². The zero-order valence-electron chi connectivity index (χ0n) is 12.6. The van der Waals surface area contributed by atoms with Crippen LogP contribution in [0, 0.1) is 0 Å². The molecule has 1 atom stereocenters. The SMILES string of the molecule is CCNC(CCc1ncnn1C(C)C)c1ccccc1. The maximum absolute atomic E-state index is 4.39. The summed E-state index contributed by atoms with van der Waals surface area (Å²) in [6.07, 6.45) is 3.62. The molecule has 0 aliphatic rings. The van der Waals surface area contributed by atoms with E-state index in [0.717, 1.165) is 25.2 Å². The Bertz CT molecular complexity index is 504. The van der Waals surface area contributed by atoms with Crippen LogP contribution < -0.4 is 5.32 Å². The summed E-state index contributed by atoms with van der Waals surface area (Å²) in [4.78, 5) is 4.39. The Morgan fingerprint density at radius 1 is 1.20 bits per heavy atom. The van der Waals surface area contributed by atoms with E-state index in [9.17, 15) is 0 Å². The molecule has 4 heteroatoms. The molecule has 0 fully saturated rings. The van der Waals surface area contributed by atoms with E-state index >= 15 is 0 Å². The lowest BCUT2D eigenvalue weighted by molar-refractivity contribution is 0.469. The van der Waals surface area contributed by atoms with Gasteiger partial charge >= 0.3 is 0 Å². The molecule has 0 aliphatic heterocycles. The van der Waals surface area contributed by atoms with Crippen LogP contribution in [0.25, 0.3) is 0 Å². The van der Waals surface area contributed by atoms with Crippen LogP contribution >= 0.6 is 0 Å². The molecule has 1 N–H and O–H groups in total. The summed E-state index contributed by atoms with van der Waals surface area (Å²) in [7, 11) is 0. The predicted octanol–water partition coefficient (Wildman–Crippen LogP) is 3.14. The fourth-order valence-corrected chi connectivity index (χ4v) is 2.48. The predicted molar refractivity (Wildman–Crippen MR) is 81.6 cm³/mol. The van der Waals surface area contributed by atoms with Gasteiger partial charge in [0, 0.05) is 18.5 Å². The fraction of sp³-hybridized carbons (Fsp3) is 0.500. The maximum atomic E-state index is 4.39. The first-order valence-electron chi connectivity index (χ1n) is 7.39. The number of aromatic nitrogens is 3. The van der Waals surface area contributed by atoms with Crippen molar-refractivity contribution in [3.63, 3.8) is 0 Å². The molecule has 20 heavy (non-hydrogen) atoms. The topological polar surface area (TPSA) is 42.7 Å². The van der Waals surface area contributed by atoms with Crippen LogP contribution in [-0.4, -0.2) is 21.3 Å². The largest absolute Gasteiger partial charge is 0.310 e. The second kappa shape index (κ2) is 7.20. The molecule has 1 unspecified atom stereocenters. The highest BCUT2D eigenvalue weighted by Crippen LogP contribution is 2.19. The summed E-state index contributed by atoms with van der Waals surface area (Å²) >= 11 is 0. The third kappa shape index (κ3) is 3.67. The highest BCUT2D eigenvalue weighted by Gasteiger charge is 2.13. The highest BCUT2D eigenvalue weighted by molar-refractivity contribution is 5.19. The van der Waals surface area contributed by atoms with Crippen LogP contribution in [0.5, 0.6) is 0 Å². The van der Waals surface area contributed by atoms with Gasteiger partial charge in [-0.05, 0) is 32.4 Å². The van der Waals surface area contributed by atoms with Gasteiger partial charge in [-0.2, -0.15) is 5.10 Å². The summed E-state index contributed by atoms with van der Waals surface area (Å²) in [5.41, 5.74) is 1.34. The molecule has 0 amide bonds. The van der Waals surface area contributed by atoms with Crippen molar-refractivity contribution in [3.05, 3.63) is 48.0 Å². The van der Waals surface area contributed by atoms with Crippen LogP contribution in [-0.2, 0) is 6.42 Å². The van der Waals surface area contributed by atoms with Crippen molar-refractivity contribution in [3.8, 4) is 0 Å². The first kappa shape index (κ1) is 14.7.